The second kappa shape index (κ2) is 7.27. The summed E-state index contributed by atoms with van der Waals surface area (Å²) in [4.78, 5) is 0. The number of halogens is 2. The second-order valence-electron chi connectivity index (χ2n) is 8.37. The first-order valence-electron chi connectivity index (χ1n) is 10.0. The number of rotatable bonds is 3. The lowest BCUT2D eigenvalue weighted by molar-refractivity contribution is 0.114. The molecule has 0 saturated heterocycles. The maximum Gasteiger partial charge on any atom is 0.142 e. The molecule has 4 rings (SSSR count). The molecule has 2 aliphatic carbocycles. The Morgan fingerprint density at radius 2 is 1.76 bits per heavy atom. The molecule has 2 unspecified atom stereocenters. The maximum absolute atomic E-state index is 13.8. The van der Waals surface area contributed by atoms with Gasteiger partial charge in [0.15, 0.2) is 0 Å². The van der Waals surface area contributed by atoms with Crippen LogP contribution in [0.5, 0.6) is 0 Å². The molecule has 0 amide bonds. The van der Waals surface area contributed by atoms with Crippen LogP contribution in [0.15, 0.2) is 30.3 Å². The molecule has 4 atom stereocenters. The molecule has 0 aromatic heterocycles. The van der Waals surface area contributed by atoms with Crippen molar-refractivity contribution in [2.24, 2.45) is 17.8 Å². The van der Waals surface area contributed by atoms with Crippen molar-refractivity contribution in [3.63, 3.8) is 0 Å². The van der Waals surface area contributed by atoms with Gasteiger partial charge in [-0.1, -0.05) is 56.0 Å². The van der Waals surface area contributed by atoms with Gasteiger partial charge in [-0.15, -0.1) is 0 Å². The summed E-state index contributed by atoms with van der Waals surface area (Å²) in [6.45, 7) is 2.32. The van der Waals surface area contributed by atoms with Crippen molar-refractivity contribution in [3.8, 4) is 0 Å². The first kappa shape index (κ1) is 17.3. The van der Waals surface area contributed by atoms with Gasteiger partial charge >= 0.3 is 0 Å². The van der Waals surface area contributed by atoms with Crippen molar-refractivity contribution in [1.82, 2.24) is 0 Å². The first-order chi connectivity index (χ1) is 12.1. The molecule has 2 heteroatoms. The summed E-state index contributed by atoms with van der Waals surface area (Å²) in [5.41, 5.74) is 1.39. The SMILES string of the molecule is CCC[C@@H]1CC[C@@H]2CC(c3ccc4cc(Cl)c(F)cc4c3)CCC2C1. The molecule has 0 bridgehead atoms. The fourth-order valence-corrected chi connectivity index (χ4v) is 5.65. The molecule has 0 heterocycles. The topological polar surface area (TPSA) is 0 Å². The van der Waals surface area contributed by atoms with E-state index in [4.69, 9.17) is 11.6 Å². The number of hydrogen-bond acceptors (Lipinski definition) is 0. The van der Waals surface area contributed by atoms with Crippen molar-refractivity contribution in [2.45, 2.75) is 64.2 Å². The standard InChI is InChI=1S/C23H28ClF/c1-2-3-15-4-5-17-11-18(7-6-16(17)10-15)19-8-9-20-13-22(24)23(25)14-21(20)12-19/h8-9,12-18H,2-7,10-11H2,1H3/t15-,16?,17-,18?/m1/s1. The Bertz CT molecular complexity index is 753. The van der Waals surface area contributed by atoms with Gasteiger partial charge in [0.1, 0.15) is 5.82 Å². The third-order valence-corrected chi connectivity index (χ3v) is 7.08. The molecule has 2 aromatic carbocycles. The summed E-state index contributed by atoms with van der Waals surface area (Å²) in [6, 6.07) is 9.87. The summed E-state index contributed by atoms with van der Waals surface area (Å²) in [5, 5.41) is 2.22. The predicted molar refractivity (Wildman–Crippen MR) is 105 cm³/mol. The highest BCUT2D eigenvalue weighted by molar-refractivity contribution is 6.31. The summed E-state index contributed by atoms with van der Waals surface area (Å²) in [6.07, 6.45) is 11.1. The van der Waals surface area contributed by atoms with E-state index in [0.717, 1.165) is 28.5 Å². The van der Waals surface area contributed by atoms with E-state index >= 15 is 0 Å². The molecular formula is C23H28ClF. The van der Waals surface area contributed by atoms with E-state index < -0.39 is 0 Å². The van der Waals surface area contributed by atoms with Crippen molar-refractivity contribution < 1.29 is 4.39 Å². The van der Waals surface area contributed by atoms with Crippen LogP contribution in [0.4, 0.5) is 4.39 Å². The second-order valence-corrected chi connectivity index (χ2v) is 8.78. The molecule has 0 spiro atoms. The minimum atomic E-state index is -0.315. The van der Waals surface area contributed by atoms with Crippen molar-refractivity contribution in [3.05, 3.63) is 46.7 Å². The van der Waals surface area contributed by atoms with Crippen LogP contribution in [0, 0.1) is 23.6 Å². The average Bonchev–Trinajstić information content (AvgIpc) is 2.62. The smallest absolute Gasteiger partial charge is 0.142 e. The highest BCUT2D eigenvalue weighted by Gasteiger charge is 2.35. The highest BCUT2D eigenvalue weighted by Crippen LogP contribution is 2.48. The van der Waals surface area contributed by atoms with E-state index in [9.17, 15) is 4.39 Å². The fourth-order valence-electron chi connectivity index (χ4n) is 5.47. The van der Waals surface area contributed by atoms with E-state index in [0.29, 0.717) is 5.92 Å². The summed E-state index contributed by atoms with van der Waals surface area (Å²) in [7, 11) is 0. The summed E-state index contributed by atoms with van der Waals surface area (Å²) < 4.78 is 13.8. The van der Waals surface area contributed by atoms with E-state index in [1.54, 1.807) is 12.1 Å². The van der Waals surface area contributed by atoms with Gasteiger partial charge in [0.25, 0.3) is 0 Å². The van der Waals surface area contributed by atoms with Gasteiger partial charge in [0.05, 0.1) is 5.02 Å². The van der Waals surface area contributed by atoms with Gasteiger partial charge in [0.2, 0.25) is 0 Å². The Morgan fingerprint density at radius 1 is 0.960 bits per heavy atom. The van der Waals surface area contributed by atoms with E-state index in [-0.39, 0.29) is 10.8 Å². The van der Waals surface area contributed by atoms with Crippen LogP contribution in [-0.4, -0.2) is 0 Å². The molecule has 0 aliphatic heterocycles. The zero-order valence-electron chi connectivity index (χ0n) is 15.1. The Labute approximate surface area is 155 Å². The van der Waals surface area contributed by atoms with Gasteiger partial charge < -0.3 is 0 Å². The molecule has 0 nitrogen and oxygen atoms in total. The summed E-state index contributed by atoms with van der Waals surface area (Å²) in [5.74, 6) is 3.18. The van der Waals surface area contributed by atoms with Crippen molar-refractivity contribution >= 4 is 22.4 Å². The molecule has 25 heavy (non-hydrogen) atoms. The zero-order chi connectivity index (χ0) is 17.4. The number of benzene rings is 2. The average molecular weight is 359 g/mol. The third-order valence-electron chi connectivity index (χ3n) is 6.79. The molecule has 2 aliphatic rings. The van der Waals surface area contributed by atoms with E-state index in [1.807, 2.05) is 0 Å². The van der Waals surface area contributed by atoms with Crippen LogP contribution >= 0.6 is 11.6 Å². The van der Waals surface area contributed by atoms with Gasteiger partial charge in [-0.05, 0) is 84.2 Å². The normalized spacial score (nSPS) is 29.6. The van der Waals surface area contributed by atoms with E-state index in [2.05, 4.69) is 25.1 Å². The van der Waals surface area contributed by atoms with E-state index in [1.165, 1.54) is 56.9 Å². The summed E-state index contributed by atoms with van der Waals surface area (Å²) >= 11 is 5.91. The lowest BCUT2D eigenvalue weighted by atomic mass is 9.63. The van der Waals surface area contributed by atoms with Crippen LogP contribution in [0.2, 0.25) is 5.02 Å². The van der Waals surface area contributed by atoms with Crippen LogP contribution < -0.4 is 0 Å². The fraction of sp³-hybridized carbons (Fsp3) is 0.565. The van der Waals surface area contributed by atoms with Crippen LogP contribution in [0.25, 0.3) is 10.8 Å². The van der Waals surface area contributed by atoms with Crippen LogP contribution in [-0.2, 0) is 0 Å². The van der Waals surface area contributed by atoms with Gasteiger partial charge in [0, 0.05) is 0 Å². The highest BCUT2D eigenvalue weighted by atomic mass is 35.5. The molecule has 134 valence electrons. The maximum atomic E-state index is 13.8. The monoisotopic (exact) mass is 358 g/mol. The number of hydrogen-bond donors (Lipinski definition) is 0. The number of fused-ring (bicyclic) bond motifs is 2. The Hall–Kier alpha value is -1.08. The Morgan fingerprint density at radius 3 is 2.60 bits per heavy atom. The molecule has 2 fully saturated rings. The van der Waals surface area contributed by atoms with Crippen LogP contribution in [0.1, 0.15) is 69.8 Å². The van der Waals surface area contributed by atoms with Gasteiger partial charge in [-0.2, -0.15) is 0 Å². The molecule has 0 N–H and O–H groups in total. The molecule has 0 radical (unpaired) electrons. The molecule has 2 saturated carbocycles. The first-order valence-corrected chi connectivity index (χ1v) is 10.4. The zero-order valence-corrected chi connectivity index (χ0v) is 15.9. The quantitative estimate of drug-likeness (QED) is 0.526. The Kier molecular flexibility index (Phi) is 5.04. The van der Waals surface area contributed by atoms with Crippen LogP contribution in [0.3, 0.4) is 0 Å². The van der Waals surface area contributed by atoms with Gasteiger partial charge in [-0.25, -0.2) is 4.39 Å². The molecule has 2 aromatic rings. The minimum absolute atomic E-state index is 0.213. The minimum Gasteiger partial charge on any atom is -0.205 e. The van der Waals surface area contributed by atoms with Gasteiger partial charge in [-0.3, -0.25) is 0 Å². The lowest BCUT2D eigenvalue weighted by Crippen LogP contribution is -2.30. The largest absolute Gasteiger partial charge is 0.205 e. The Balaban J connectivity index is 1.50. The molecular weight excluding hydrogens is 331 g/mol. The lowest BCUT2D eigenvalue weighted by Gasteiger charge is -2.42. The predicted octanol–water partition coefficient (Wildman–Crippen LogP) is 7.73. The third kappa shape index (κ3) is 3.58. The van der Waals surface area contributed by atoms with Crippen molar-refractivity contribution in [2.75, 3.05) is 0 Å². The van der Waals surface area contributed by atoms with Crippen molar-refractivity contribution in [1.29, 1.82) is 0 Å².